The Morgan fingerprint density at radius 3 is 2.45 bits per heavy atom. The minimum atomic E-state index is -0.553. The van der Waals surface area contributed by atoms with E-state index in [0.29, 0.717) is 12.5 Å². The molecular weight excluding hydrogens is 252 g/mol. The van der Waals surface area contributed by atoms with Gasteiger partial charge in [-0.25, -0.2) is 0 Å². The van der Waals surface area contributed by atoms with Gasteiger partial charge < -0.3 is 15.8 Å². The van der Waals surface area contributed by atoms with E-state index in [9.17, 15) is 4.79 Å². The van der Waals surface area contributed by atoms with Crippen LogP contribution in [0.1, 0.15) is 42.9 Å². The molecule has 1 atom stereocenters. The molecule has 1 aliphatic carbocycles. The van der Waals surface area contributed by atoms with Gasteiger partial charge in [-0.15, -0.1) is 0 Å². The van der Waals surface area contributed by atoms with Crippen molar-refractivity contribution >= 4 is 5.91 Å². The van der Waals surface area contributed by atoms with Crippen molar-refractivity contribution < 1.29 is 9.53 Å². The summed E-state index contributed by atoms with van der Waals surface area (Å²) in [5.74, 6) is 0.372. The first-order chi connectivity index (χ1) is 9.51. The van der Waals surface area contributed by atoms with Crippen molar-refractivity contribution in [2.24, 2.45) is 5.73 Å². The Labute approximate surface area is 120 Å². The third-order valence-corrected chi connectivity index (χ3v) is 3.64. The van der Waals surface area contributed by atoms with Crippen LogP contribution in [-0.2, 0) is 11.3 Å². The smallest absolute Gasteiger partial charge is 0.258 e. The Bertz CT molecular complexity index is 472. The molecule has 110 valence electrons. The van der Waals surface area contributed by atoms with Gasteiger partial charge in [0.1, 0.15) is 5.75 Å². The molecule has 4 heteroatoms. The van der Waals surface area contributed by atoms with Crippen LogP contribution in [0.2, 0.25) is 0 Å². The fourth-order valence-electron chi connectivity index (χ4n) is 2.36. The molecular formula is C16H24N2O2. The average Bonchev–Trinajstić information content (AvgIpc) is 3.19. The number of hydrogen-bond acceptors (Lipinski definition) is 3. The lowest BCUT2D eigenvalue weighted by molar-refractivity contribution is -0.124. The second-order valence-electron chi connectivity index (χ2n) is 5.63. The average molecular weight is 276 g/mol. The van der Waals surface area contributed by atoms with E-state index in [-0.39, 0.29) is 0 Å². The molecule has 1 amide bonds. The van der Waals surface area contributed by atoms with Crippen LogP contribution in [-0.4, -0.2) is 18.1 Å². The number of benzene rings is 1. The molecule has 2 rings (SSSR count). The summed E-state index contributed by atoms with van der Waals surface area (Å²) >= 11 is 0. The molecule has 4 nitrogen and oxygen atoms in total. The van der Waals surface area contributed by atoms with Gasteiger partial charge in [-0.2, -0.15) is 0 Å². The molecule has 1 aromatic rings. The van der Waals surface area contributed by atoms with E-state index in [1.54, 1.807) is 0 Å². The highest BCUT2D eigenvalue weighted by Gasteiger charge is 2.21. The topological polar surface area (TPSA) is 64.3 Å². The van der Waals surface area contributed by atoms with Crippen molar-refractivity contribution in [3.8, 4) is 5.75 Å². The second kappa shape index (κ2) is 6.27. The van der Waals surface area contributed by atoms with Gasteiger partial charge in [0.25, 0.3) is 5.91 Å². The first-order valence-corrected chi connectivity index (χ1v) is 7.30. The lowest BCUT2D eigenvalue weighted by atomic mass is 10.1. The maximum atomic E-state index is 11.3. The number of carbonyl (C=O) groups excluding carboxylic acids is 1. The molecule has 0 radical (unpaired) electrons. The third kappa shape index (κ3) is 3.73. The van der Waals surface area contributed by atoms with Gasteiger partial charge in [0.15, 0.2) is 6.10 Å². The van der Waals surface area contributed by atoms with E-state index in [2.05, 4.69) is 17.4 Å². The van der Waals surface area contributed by atoms with E-state index in [0.717, 1.165) is 23.4 Å². The Hall–Kier alpha value is -1.55. The Kier molecular flexibility index (Phi) is 4.65. The Morgan fingerprint density at radius 2 is 2.00 bits per heavy atom. The second-order valence-corrected chi connectivity index (χ2v) is 5.63. The summed E-state index contributed by atoms with van der Waals surface area (Å²) in [5.41, 5.74) is 8.70. The van der Waals surface area contributed by atoms with Crippen molar-refractivity contribution in [3.05, 3.63) is 28.8 Å². The van der Waals surface area contributed by atoms with Crippen LogP contribution in [0.25, 0.3) is 0 Å². The minimum absolute atomic E-state index is 0.411. The number of nitrogens with two attached hydrogens (primary N) is 1. The summed E-state index contributed by atoms with van der Waals surface area (Å²) < 4.78 is 5.78. The first-order valence-electron chi connectivity index (χ1n) is 7.30. The van der Waals surface area contributed by atoms with E-state index < -0.39 is 12.0 Å². The molecule has 0 bridgehead atoms. The summed E-state index contributed by atoms with van der Waals surface area (Å²) in [5, 5.41) is 3.50. The SMILES string of the molecule is CCC(Oc1c(C)cc(CNC2CC2)cc1C)C(N)=O. The molecule has 0 heterocycles. The van der Waals surface area contributed by atoms with Crippen LogP contribution in [0.3, 0.4) is 0 Å². The van der Waals surface area contributed by atoms with E-state index >= 15 is 0 Å². The Morgan fingerprint density at radius 1 is 1.40 bits per heavy atom. The molecule has 1 aliphatic rings. The van der Waals surface area contributed by atoms with Crippen LogP contribution < -0.4 is 15.8 Å². The predicted octanol–water partition coefficient (Wildman–Crippen LogP) is 2.20. The molecule has 0 aromatic heterocycles. The van der Waals surface area contributed by atoms with Crippen molar-refractivity contribution in [3.63, 3.8) is 0 Å². The first kappa shape index (κ1) is 14.9. The third-order valence-electron chi connectivity index (χ3n) is 3.64. The molecule has 0 aliphatic heterocycles. The lowest BCUT2D eigenvalue weighted by Crippen LogP contribution is -2.33. The van der Waals surface area contributed by atoms with Gasteiger partial charge in [0, 0.05) is 12.6 Å². The van der Waals surface area contributed by atoms with Crippen molar-refractivity contribution in [1.82, 2.24) is 5.32 Å². The highest BCUT2D eigenvalue weighted by Crippen LogP contribution is 2.27. The van der Waals surface area contributed by atoms with E-state index in [4.69, 9.17) is 10.5 Å². The number of primary amides is 1. The summed E-state index contributed by atoms with van der Waals surface area (Å²) in [4.78, 5) is 11.3. The van der Waals surface area contributed by atoms with Crippen molar-refractivity contribution in [2.45, 2.75) is 58.7 Å². The summed E-state index contributed by atoms with van der Waals surface area (Å²) in [6.07, 6.45) is 2.60. The number of carbonyl (C=O) groups is 1. The summed E-state index contributed by atoms with van der Waals surface area (Å²) in [6.45, 7) is 6.81. The number of hydrogen-bond donors (Lipinski definition) is 2. The number of rotatable bonds is 7. The van der Waals surface area contributed by atoms with Gasteiger partial charge in [-0.1, -0.05) is 19.1 Å². The van der Waals surface area contributed by atoms with Crippen molar-refractivity contribution in [1.29, 1.82) is 0 Å². The van der Waals surface area contributed by atoms with Crippen LogP contribution in [0.4, 0.5) is 0 Å². The van der Waals surface area contributed by atoms with Gasteiger partial charge in [-0.05, 0) is 49.8 Å². The highest BCUT2D eigenvalue weighted by atomic mass is 16.5. The van der Waals surface area contributed by atoms with Crippen LogP contribution in [0, 0.1) is 13.8 Å². The summed E-state index contributed by atoms with van der Waals surface area (Å²) in [6, 6.07) is 4.93. The van der Waals surface area contributed by atoms with Gasteiger partial charge in [-0.3, -0.25) is 4.79 Å². The van der Waals surface area contributed by atoms with Gasteiger partial charge in [0.05, 0.1) is 0 Å². The van der Waals surface area contributed by atoms with E-state index in [1.165, 1.54) is 18.4 Å². The zero-order chi connectivity index (χ0) is 14.7. The standard InChI is InChI=1S/C16H24N2O2/c1-4-14(16(17)19)20-15-10(2)7-12(8-11(15)3)9-18-13-5-6-13/h7-8,13-14,18H,4-6,9H2,1-3H3,(H2,17,19). The fraction of sp³-hybridized carbons (Fsp3) is 0.562. The number of aryl methyl sites for hydroxylation is 2. The fourth-order valence-corrected chi connectivity index (χ4v) is 2.36. The molecule has 1 aromatic carbocycles. The summed E-state index contributed by atoms with van der Waals surface area (Å²) in [7, 11) is 0. The largest absolute Gasteiger partial charge is 0.480 e. The zero-order valence-electron chi connectivity index (χ0n) is 12.5. The minimum Gasteiger partial charge on any atom is -0.480 e. The van der Waals surface area contributed by atoms with Crippen LogP contribution in [0.15, 0.2) is 12.1 Å². The molecule has 1 saturated carbocycles. The quantitative estimate of drug-likeness (QED) is 0.802. The maximum absolute atomic E-state index is 11.3. The number of nitrogens with one attached hydrogen (secondary N) is 1. The Balaban J connectivity index is 2.10. The predicted molar refractivity (Wildman–Crippen MR) is 79.7 cm³/mol. The molecule has 1 fully saturated rings. The van der Waals surface area contributed by atoms with Gasteiger partial charge in [0.2, 0.25) is 0 Å². The number of ether oxygens (including phenoxy) is 1. The molecule has 20 heavy (non-hydrogen) atoms. The highest BCUT2D eigenvalue weighted by molar-refractivity contribution is 5.79. The van der Waals surface area contributed by atoms with E-state index in [1.807, 2.05) is 20.8 Å². The monoisotopic (exact) mass is 276 g/mol. The molecule has 1 unspecified atom stereocenters. The zero-order valence-corrected chi connectivity index (χ0v) is 12.5. The number of amides is 1. The van der Waals surface area contributed by atoms with Gasteiger partial charge >= 0.3 is 0 Å². The van der Waals surface area contributed by atoms with Crippen LogP contribution >= 0.6 is 0 Å². The normalized spacial score (nSPS) is 15.9. The molecule has 0 saturated heterocycles. The van der Waals surface area contributed by atoms with Crippen LogP contribution in [0.5, 0.6) is 5.75 Å². The van der Waals surface area contributed by atoms with Crippen molar-refractivity contribution in [2.75, 3.05) is 0 Å². The lowest BCUT2D eigenvalue weighted by Gasteiger charge is -2.19. The maximum Gasteiger partial charge on any atom is 0.258 e. The molecule has 0 spiro atoms. The molecule has 3 N–H and O–H groups in total.